The predicted octanol–water partition coefficient (Wildman–Crippen LogP) is 3.63. The van der Waals surface area contributed by atoms with E-state index in [1.54, 1.807) is 29.3 Å². The number of aromatic nitrogens is 2. The van der Waals surface area contributed by atoms with Crippen LogP contribution in [0.25, 0.3) is 10.6 Å². The maximum atomic E-state index is 12.3. The molecule has 0 spiro atoms. The van der Waals surface area contributed by atoms with Gasteiger partial charge in [-0.05, 0) is 30.7 Å². The molecule has 0 aliphatic heterocycles. The lowest BCUT2D eigenvalue weighted by atomic mass is 9.85. The molecule has 0 aromatic carbocycles. The van der Waals surface area contributed by atoms with Crippen molar-refractivity contribution in [1.82, 2.24) is 10.2 Å². The molecule has 0 amide bonds. The van der Waals surface area contributed by atoms with Gasteiger partial charge in [0.15, 0.2) is 5.78 Å². The number of H-pyrrole nitrogens is 1. The molecule has 94 valence electrons. The van der Waals surface area contributed by atoms with Gasteiger partial charge in [-0.25, -0.2) is 0 Å². The first-order chi connectivity index (χ1) is 8.72. The van der Waals surface area contributed by atoms with Gasteiger partial charge in [0.05, 0.1) is 14.8 Å². The minimum atomic E-state index is 0.160. The van der Waals surface area contributed by atoms with E-state index < -0.39 is 0 Å². The monoisotopic (exact) mass is 278 g/mol. The van der Waals surface area contributed by atoms with Crippen LogP contribution >= 0.6 is 23.1 Å². The van der Waals surface area contributed by atoms with Gasteiger partial charge in [0, 0.05) is 17.7 Å². The van der Waals surface area contributed by atoms with E-state index in [0.29, 0.717) is 5.78 Å². The number of ketones is 1. The summed E-state index contributed by atoms with van der Waals surface area (Å²) < 4.78 is 1.14. The standard InChI is InChI=1S/C13H14N2OS2/c1-7-3-4-8-10(11(7)16)13(17-2)18-12(8)9-5-6-14-15-9/h5-7H,3-4H2,1-2H3,(H,14,15). The third kappa shape index (κ3) is 1.73. The number of thioether (sulfide) groups is 1. The molecule has 2 aromatic rings. The molecule has 0 radical (unpaired) electrons. The Kier molecular flexibility index (Phi) is 3.03. The van der Waals surface area contributed by atoms with Gasteiger partial charge in [-0.3, -0.25) is 9.89 Å². The zero-order valence-electron chi connectivity index (χ0n) is 10.3. The van der Waals surface area contributed by atoms with Crippen LogP contribution in [0.2, 0.25) is 0 Å². The molecule has 3 nitrogen and oxygen atoms in total. The average molecular weight is 278 g/mol. The summed E-state index contributed by atoms with van der Waals surface area (Å²) in [5, 5.41) is 7.01. The number of carbonyl (C=O) groups excluding carboxylic acids is 1. The second kappa shape index (κ2) is 4.55. The van der Waals surface area contributed by atoms with Gasteiger partial charge < -0.3 is 0 Å². The van der Waals surface area contributed by atoms with E-state index in [0.717, 1.165) is 28.3 Å². The molecule has 1 aliphatic carbocycles. The van der Waals surface area contributed by atoms with Crippen molar-refractivity contribution in [2.24, 2.45) is 5.92 Å². The fourth-order valence-electron chi connectivity index (χ4n) is 2.41. The molecule has 1 atom stereocenters. The smallest absolute Gasteiger partial charge is 0.167 e. The van der Waals surface area contributed by atoms with Crippen LogP contribution in [0.1, 0.15) is 29.3 Å². The van der Waals surface area contributed by atoms with Crippen LogP contribution in [0.5, 0.6) is 0 Å². The molecule has 1 aliphatic rings. The summed E-state index contributed by atoms with van der Waals surface area (Å²) in [5.74, 6) is 0.468. The number of nitrogens with zero attached hydrogens (tertiary/aromatic N) is 1. The van der Waals surface area contributed by atoms with Crippen molar-refractivity contribution in [3.8, 4) is 10.6 Å². The summed E-state index contributed by atoms with van der Waals surface area (Å²) in [6.45, 7) is 2.03. The fraction of sp³-hybridized carbons (Fsp3) is 0.385. The average Bonchev–Trinajstić information content (AvgIpc) is 3.00. The number of rotatable bonds is 2. The second-order valence-electron chi connectivity index (χ2n) is 4.55. The first-order valence-electron chi connectivity index (χ1n) is 5.96. The highest BCUT2D eigenvalue weighted by atomic mass is 32.2. The summed E-state index contributed by atoms with van der Waals surface area (Å²) in [6, 6.07) is 1.97. The fourth-order valence-corrected chi connectivity index (χ4v) is 4.49. The highest BCUT2D eigenvalue weighted by Crippen LogP contribution is 2.44. The summed E-state index contributed by atoms with van der Waals surface area (Å²) in [6.07, 6.45) is 5.74. The van der Waals surface area contributed by atoms with E-state index in [4.69, 9.17) is 0 Å². The third-order valence-electron chi connectivity index (χ3n) is 3.43. The Labute approximate surface area is 114 Å². The van der Waals surface area contributed by atoms with Gasteiger partial charge in [-0.2, -0.15) is 5.10 Å². The molecular weight excluding hydrogens is 264 g/mol. The minimum Gasteiger partial charge on any atom is -0.294 e. The predicted molar refractivity (Wildman–Crippen MR) is 75.5 cm³/mol. The van der Waals surface area contributed by atoms with Crippen molar-refractivity contribution in [2.45, 2.75) is 24.0 Å². The van der Waals surface area contributed by atoms with E-state index in [1.165, 1.54) is 10.4 Å². The molecule has 0 bridgehead atoms. The minimum absolute atomic E-state index is 0.160. The van der Waals surface area contributed by atoms with Gasteiger partial charge in [-0.15, -0.1) is 23.1 Å². The highest BCUT2D eigenvalue weighted by Gasteiger charge is 2.31. The van der Waals surface area contributed by atoms with Crippen LogP contribution in [0.3, 0.4) is 0 Å². The number of fused-ring (bicyclic) bond motifs is 1. The molecule has 18 heavy (non-hydrogen) atoms. The van der Waals surface area contributed by atoms with Gasteiger partial charge in [0.2, 0.25) is 0 Å². The van der Waals surface area contributed by atoms with Crippen LogP contribution in [0.15, 0.2) is 16.5 Å². The lowest BCUT2D eigenvalue weighted by Gasteiger charge is -2.18. The number of carbonyl (C=O) groups is 1. The van der Waals surface area contributed by atoms with Crippen molar-refractivity contribution in [1.29, 1.82) is 0 Å². The Bertz CT molecular complexity index is 586. The normalized spacial score (nSPS) is 19.0. The second-order valence-corrected chi connectivity index (χ2v) is 6.65. The number of nitrogens with one attached hydrogen (secondary N) is 1. The van der Waals surface area contributed by atoms with Gasteiger partial charge in [0.1, 0.15) is 0 Å². The Morgan fingerprint density at radius 1 is 1.56 bits per heavy atom. The molecule has 2 aromatic heterocycles. The van der Waals surface area contributed by atoms with E-state index >= 15 is 0 Å². The van der Waals surface area contributed by atoms with Gasteiger partial charge in [-0.1, -0.05) is 6.92 Å². The number of hydrogen-bond acceptors (Lipinski definition) is 4. The van der Waals surface area contributed by atoms with Gasteiger partial charge in [0.25, 0.3) is 0 Å². The van der Waals surface area contributed by atoms with Crippen LogP contribution in [0.4, 0.5) is 0 Å². The lowest BCUT2D eigenvalue weighted by molar-refractivity contribution is 0.0911. The largest absolute Gasteiger partial charge is 0.294 e. The molecule has 3 rings (SSSR count). The van der Waals surface area contributed by atoms with Gasteiger partial charge >= 0.3 is 0 Å². The van der Waals surface area contributed by atoms with E-state index in [-0.39, 0.29) is 5.92 Å². The SMILES string of the molecule is CSc1sc(-c2ccn[nH]2)c2c1C(=O)C(C)CC2. The quantitative estimate of drug-likeness (QED) is 0.853. The lowest BCUT2D eigenvalue weighted by Crippen LogP contribution is -2.19. The highest BCUT2D eigenvalue weighted by molar-refractivity contribution is 8.00. The third-order valence-corrected chi connectivity index (χ3v) is 5.81. The molecule has 0 saturated heterocycles. The Balaban J connectivity index is 2.19. The zero-order chi connectivity index (χ0) is 12.7. The zero-order valence-corrected chi connectivity index (χ0v) is 12.0. The molecule has 2 heterocycles. The number of hydrogen-bond donors (Lipinski definition) is 1. The van der Waals surface area contributed by atoms with Crippen molar-refractivity contribution >= 4 is 28.9 Å². The molecule has 1 unspecified atom stereocenters. The van der Waals surface area contributed by atoms with Crippen molar-refractivity contribution in [2.75, 3.05) is 6.26 Å². The van der Waals surface area contributed by atoms with Crippen molar-refractivity contribution < 1.29 is 4.79 Å². The summed E-state index contributed by atoms with van der Waals surface area (Å²) >= 11 is 3.38. The Morgan fingerprint density at radius 3 is 3.06 bits per heavy atom. The number of Topliss-reactive ketones (excluding diaryl/α,β-unsaturated/α-hetero) is 1. The van der Waals surface area contributed by atoms with E-state index in [2.05, 4.69) is 10.2 Å². The maximum absolute atomic E-state index is 12.3. The van der Waals surface area contributed by atoms with E-state index in [1.807, 2.05) is 19.2 Å². The summed E-state index contributed by atoms with van der Waals surface area (Å²) in [4.78, 5) is 13.5. The number of aromatic amines is 1. The molecule has 0 saturated carbocycles. The maximum Gasteiger partial charge on any atom is 0.167 e. The van der Waals surface area contributed by atoms with Crippen molar-refractivity contribution in [3.63, 3.8) is 0 Å². The van der Waals surface area contributed by atoms with Crippen LogP contribution < -0.4 is 0 Å². The van der Waals surface area contributed by atoms with Crippen LogP contribution in [0, 0.1) is 5.92 Å². The van der Waals surface area contributed by atoms with Crippen LogP contribution in [-0.2, 0) is 6.42 Å². The molecule has 1 N–H and O–H groups in total. The van der Waals surface area contributed by atoms with E-state index in [9.17, 15) is 4.79 Å². The van der Waals surface area contributed by atoms with Crippen LogP contribution in [-0.4, -0.2) is 22.2 Å². The summed E-state index contributed by atoms with van der Waals surface area (Å²) in [5.41, 5.74) is 3.21. The number of thiophene rings is 1. The summed E-state index contributed by atoms with van der Waals surface area (Å²) in [7, 11) is 0. The molecular formula is C13H14N2OS2. The molecule has 5 heteroatoms. The first-order valence-corrected chi connectivity index (χ1v) is 8.00. The van der Waals surface area contributed by atoms with Crippen molar-refractivity contribution in [3.05, 3.63) is 23.4 Å². The topological polar surface area (TPSA) is 45.8 Å². The first kappa shape index (κ1) is 12.0. The Hall–Kier alpha value is -1.07. The molecule has 0 fully saturated rings. The Morgan fingerprint density at radius 2 is 2.39 bits per heavy atom.